The van der Waals surface area contributed by atoms with Crippen LogP contribution in [0.5, 0.6) is 5.75 Å². The highest BCUT2D eigenvalue weighted by Gasteiger charge is 2.24. The van der Waals surface area contributed by atoms with Gasteiger partial charge in [-0.05, 0) is 28.1 Å². The second-order valence-electron chi connectivity index (χ2n) is 3.39. The summed E-state index contributed by atoms with van der Waals surface area (Å²) in [5.74, 6) is 0.135. The predicted molar refractivity (Wildman–Crippen MR) is 55.0 cm³/mol. The highest BCUT2D eigenvalue weighted by Crippen LogP contribution is 2.40. The largest absolute Gasteiger partial charge is 0.491 e. The fraction of sp³-hybridized carbons (Fsp3) is 0.300. The van der Waals surface area contributed by atoms with E-state index in [0.29, 0.717) is 12.2 Å². The summed E-state index contributed by atoms with van der Waals surface area (Å²) in [5, 5.41) is 8.87. The maximum absolute atomic E-state index is 10.8. The lowest BCUT2D eigenvalue weighted by atomic mass is 10.0. The number of fused-ring (bicyclic) bond motifs is 1. The molecule has 1 aromatic rings. The molecule has 4 heteroatoms. The molecule has 0 saturated carbocycles. The van der Waals surface area contributed by atoms with E-state index in [1.807, 2.05) is 6.92 Å². The Morgan fingerprint density at radius 1 is 1.64 bits per heavy atom. The zero-order valence-electron chi connectivity index (χ0n) is 7.58. The van der Waals surface area contributed by atoms with Gasteiger partial charge in [0.25, 0.3) is 0 Å². The molecule has 1 aromatic carbocycles. The molecule has 3 nitrogen and oxygen atoms in total. The van der Waals surface area contributed by atoms with Gasteiger partial charge in [0.1, 0.15) is 5.75 Å². The van der Waals surface area contributed by atoms with Crippen molar-refractivity contribution in [3.63, 3.8) is 0 Å². The van der Waals surface area contributed by atoms with Crippen molar-refractivity contribution < 1.29 is 14.6 Å². The van der Waals surface area contributed by atoms with Gasteiger partial charge in [0.2, 0.25) is 0 Å². The number of benzene rings is 1. The van der Waals surface area contributed by atoms with Gasteiger partial charge < -0.3 is 9.84 Å². The fourth-order valence-corrected chi connectivity index (χ4v) is 2.14. The van der Waals surface area contributed by atoms with E-state index >= 15 is 0 Å². The van der Waals surface area contributed by atoms with Gasteiger partial charge in [-0.3, -0.25) is 0 Å². The summed E-state index contributed by atoms with van der Waals surface area (Å²) < 4.78 is 6.16. The smallest absolute Gasteiger partial charge is 0.335 e. The first-order chi connectivity index (χ1) is 6.59. The van der Waals surface area contributed by atoms with Crippen LogP contribution < -0.4 is 4.74 Å². The molecule has 0 saturated heterocycles. The summed E-state index contributed by atoms with van der Waals surface area (Å²) in [5.41, 5.74) is 1.27. The Morgan fingerprint density at radius 3 is 3.00 bits per heavy atom. The van der Waals surface area contributed by atoms with Gasteiger partial charge in [-0.15, -0.1) is 0 Å². The van der Waals surface area contributed by atoms with Crippen LogP contribution in [0.3, 0.4) is 0 Å². The normalized spacial score (nSPS) is 18.9. The molecule has 1 N–H and O–H groups in total. The van der Waals surface area contributed by atoms with Crippen LogP contribution in [0.4, 0.5) is 0 Å². The molecule has 1 unspecified atom stereocenters. The molecule has 0 amide bonds. The molecule has 1 atom stereocenters. The second kappa shape index (κ2) is 3.28. The van der Waals surface area contributed by atoms with Crippen molar-refractivity contribution in [3.8, 4) is 5.75 Å². The minimum Gasteiger partial charge on any atom is -0.491 e. The Labute approximate surface area is 89.8 Å². The third-order valence-electron chi connectivity index (χ3n) is 2.33. The first-order valence-electron chi connectivity index (χ1n) is 4.29. The topological polar surface area (TPSA) is 46.5 Å². The van der Waals surface area contributed by atoms with Gasteiger partial charge in [0, 0.05) is 11.5 Å². The zero-order chi connectivity index (χ0) is 10.3. The Hall–Kier alpha value is -1.03. The summed E-state index contributed by atoms with van der Waals surface area (Å²) in [6.07, 6.45) is 0. The van der Waals surface area contributed by atoms with Crippen molar-refractivity contribution in [2.45, 2.75) is 12.8 Å². The number of carboxylic acid groups (broad SMARTS) is 1. The van der Waals surface area contributed by atoms with Crippen molar-refractivity contribution in [2.24, 2.45) is 0 Å². The number of hydrogen-bond acceptors (Lipinski definition) is 2. The molecule has 14 heavy (non-hydrogen) atoms. The van der Waals surface area contributed by atoms with Gasteiger partial charge in [0.05, 0.1) is 16.6 Å². The third-order valence-corrected chi connectivity index (χ3v) is 2.92. The molecule has 1 heterocycles. The lowest BCUT2D eigenvalue weighted by Gasteiger charge is -2.04. The van der Waals surface area contributed by atoms with E-state index in [-0.39, 0.29) is 5.92 Å². The average Bonchev–Trinajstić information content (AvgIpc) is 2.48. The zero-order valence-corrected chi connectivity index (χ0v) is 9.17. The highest BCUT2D eigenvalue weighted by molar-refractivity contribution is 9.10. The van der Waals surface area contributed by atoms with E-state index in [2.05, 4.69) is 15.9 Å². The van der Waals surface area contributed by atoms with Crippen LogP contribution in [0.25, 0.3) is 0 Å². The van der Waals surface area contributed by atoms with E-state index in [1.165, 1.54) is 0 Å². The standard InChI is InChI=1S/C10H9BrO3/c1-5-4-14-9-7(5)2-6(10(12)13)3-8(9)11/h2-3,5H,4H2,1H3,(H,12,13). The molecule has 74 valence electrons. The number of ether oxygens (including phenoxy) is 1. The van der Waals surface area contributed by atoms with Gasteiger partial charge >= 0.3 is 5.97 Å². The van der Waals surface area contributed by atoms with E-state index in [9.17, 15) is 4.79 Å². The van der Waals surface area contributed by atoms with Crippen molar-refractivity contribution in [1.29, 1.82) is 0 Å². The maximum atomic E-state index is 10.8. The van der Waals surface area contributed by atoms with Crippen molar-refractivity contribution >= 4 is 21.9 Å². The number of aromatic carboxylic acids is 1. The van der Waals surface area contributed by atoms with Crippen LogP contribution >= 0.6 is 15.9 Å². The van der Waals surface area contributed by atoms with Gasteiger partial charge in [-0.1, -0.05) is 6.92 Å². The maximum Gasteiger partial charge on any atom is 0.335 e. The molecule has 0 aliphatic carbocycles. The Morgan fingerprint density at radius 2 is 2.36 bits per heavy atom. The number of carboxylic acids is 1. The highest BCUT2D eigenvalue weighted by atomic mass is 79.9. The van der Waals surface area contributed by atoms with E-state index in [4.69, 9.17) is 9.84 Å². The van der Waals surface area contributed by atoms with E-state index in [0.717, 1.165) is 15.8 Å². The summed E-state index contributed by atoms with van der Waals surface area (Å²) in [4.78, 5) is 10.8. The quantitative estimate of drug-likeness (QED) is 0.841. The Balaban J connectivity index is 2.58. The van der Waals surface area contributed by atoms with Crippen molar-refractivity contribution in [3.05, 3.63) is 27.7 Å². The van der Waals surface area contributed by atoms with Crippen LogP contribution in [0.1, 0.15) is 28.8 Å². The lowest BCUT2D eigenvalue weighted by Crippen LogP contribution is -1.98. The summed E-state index contributed by atoms with van der Waals surface area (Å²) in [7, 11) is 0. The first-order valence-corrected chi connectivity index (χ1v) is 5.08. The van der Waals surface area contributed by atoms with Gasteiger partial charge in [-0.25, -0.2) is 4.79 Å². The predicted octanol–water partition coefficient (Wildman–Crippen LogP) is 2.64. The van der Waals surface area contributed by atoms with E-state index in [1.54, 1.807) is 12.1 Å². The van der Waals surface area contributed by atoms with Crippen LogP contribution in [0.15, 0.2) is 16.6 Å². The number of rotatable bonds is 1. The molecule has 0 fully saturated rings. The number of halogens is 1. The van der Waals surface area contributed by atoms with Crippen LogP contribution in [0, 0.1) is 0 Å². The van der Waals surface area contributed by atoms with Crippen LogP contribution in [-0.4, -0.2) is 17.7 Å². The molecule has 0 radical (unpaired) electrons. The molecule has 0 bridgehead atoms. The van der Waals surface area contributed by atoms with Gasteiger partial charge in [0.15, 0.2) is 0 Å². The molecule has 2 rings (SSSR count). The third kappa shape index (κ3) is 1.39. The number of carbonyl (C=O) groups is 1. The molecular formula is C10H9BrO3. The molecule has 1 aliphatic heterocycles. The van der Waals surface area contributed by atoms with Crippen molar-refractivity contribution in [2.75, 3.05) is 6.61 Å². The van der Waals surface area contributed by atoms with E-state index < -0.39 is 5.97 Å². The average molecular weight is 257 g/mol. The van der Waals surface area contributed by atoms with Gasteiger partial charge in [-0.2, -0.15) is 0 Å². The monoisotopic (exact) mass is 256 g/mol. The van der Waals surface area contributed by atoms with Crippen LogP contribution in [-0.2, 0) is 0 Å². The summed E-state index contributed by atoms with van der Waals surface area (Å²) in [6, 6.07) is 3.25. The molecule has 0 spiro atoms. The molecule has 0 aromatic heterocycles. The molecule has 1 aliphatic rings. The molecular weight excluding hydrogens is 248 g/mol. The minimum atomic E-state index is -0.910. The van der Waals surface area contributed by atoms with Crippen LogP contribution in [0.2, 0.25) is 0 Å². The Bertz CT molecular complexity index is 401. The minimum absolute atomic E-state index is 0.264. The van der Waals surface area contributed by atoms with Crippen molar-refractivity contribution in [1.82, 2.24) is 0 Å². The SMILES string of the molecule is CC1COc2c(Br)cc(C(=O)O)cc21. The Kier molecular flexibility index (Phi) is 2.23. The first kappa shape index (κ1) is 9.52. The summed E-state index contributed by atoms with van der Waals surface area (Å²) >= 11 is 3.31. The second-order valence-corrected chi connectivity index (χ2v) is 4.25. The fourth-order valence-electron chi connectivity index (χ4n) is 1.55. The summed E-state index contributed by atoms with van der Waals surface area (Å²) in [6.45, 7) is 2.64. The lowest BCUT2D eigenvalue weighted by molar-refractivity contribution is 0.0696. The number of hydrogen-bond donors (Lipinski definition) is 1.